The van der Waals surface area contributed by atoms with E-state index < -0.39 is 0 Å². The van der Waals surface area contributed by atoms with Gasteiger partial charge in [-0.05, 0) is 46.2 Å². The lowest BCUT2D eigenvalue weighted by atomic mass is 9.92. The summed E-state index contributed by atoms with van der Waals surface area (Å²) < 4.78 is 9.30. The van der Waals surface area contributed by atoms with Crippen LogP contribution in [0.25, 0.3) is 11.0 Å². The first-order chi connectivity index (χ1) is 13.8. The minimum absolute atomic E-state index is 0.123. The van der Waals surface area contributed by atoms with E-state index in [0.29, 0.717) is 11.7 Å². The van der Waals surface area contributed by atoms with Crippen molar-refractivity contribution in [3.8, 4) is 5.88 Å². The SMILES string of the molecule is Cc1cc(C)c2c(OCC(=O)Nc3cc(C(C)(C)C)nn3C(C)(C)C)nn(C)c2n1. The molecule has 162 valence electrons. The van der Waals surface area contributed by atoms with Crippen molar-refractivity contribution in [2.45, 2.75) is 66.3 Å². The molecule has 0 fully saturated rings. The first-order valence-corrected chi connectivity index (χ1v) is 10.1. The molecule has 0 aliphatic heterocycles. The zero-order valence-corrected chi connectivity index (χ0v) is 19.4. The lowest BCUT2D eigenvalue weighted by molar-refractivity contribution is -0.118. The lowest BCUT2D eigenvalue weighted by Crippen LogP contribution is -2.29. The number of nitrogens with zero attached hydrogens (tertiary/aromatic N) is 5. The molecule has 0 saturated carbocycles. The normalized spacial score (nSPS) is 12.4. The Morgan fingerprint density at radius 3 is 2.37 bits per heavy atom. The minimum atomic E-state index is -0.273. The summed E-state index contributed by atoms with van der Waals surface area (Å²) in [6.45, 7) is 16.2. The zero-order valence-electron chi connectivity index (χ0n) is 19.4. The Kier molecular flexibility index (Phi) is 5.39. The number of carbonyl (C=O) groups excluding carboxylic acids is 1. The fourth-order valence-electron chi connectivity index (χ4n) is 3.31. The number of fused-ring (bicyclic) bond motifs is 1. The summed E-state index contributed by atoms with van der Waals surface area (Å²) in [5.74, 6) is 0.796. The van der Waals surface area contributed by atoms with E-state index in [1.165, 1.54) is 0 Å². The average Bonchev–Trinajstić information content (AvgIpc) is 3.14. The van der Waals surface area contributed by atoms with E-state index in [4.69, 9.17) is 9.84 Å². The number of anilines is 1. The van der Waals surface area contributed by atoms with Crippen LogP contribution >= 0.6 is 0 Å². The van der Waals surface area contributed by atoms with Crippen molar-refractivity contribution >= 4 is 22.8 Å². The van der Waals surface area contributed by atoms with Gasteiger partial charge in [-0.15, -0.1) is 5.10 Å². The van der Waals surface area contributed by atoms with Gasteiger partial charge in [0, 0.05) is 24.2 Å². The maximum absolute atomic E-state index is 12.7. The van der Waals surface area contributed by atoms with Gasteiger partial charge in [-0.25, -0.2) is 14.3 Å². The highest BCUT2D eigenvalue weighted by atomic mass is 16.5. The summed E-state index contributed by atoms with van der Waals surface area (Å²) in [5, 5.41) is 12.9. The zero-order chi connectivity index (χ0) is 22.4. The molecule has 0 spiro atoms. The predicted molar refractivity (Wildman–Crippen MR) is 118 cm³/mol. The molecule has 0 aliphatic rings. The van der Waals surface area contributed by atoms with Gasteiger partial charge in [0.2, 0.25) is 5.88 Å². The number of nitrogens with one attached hydrogen (secondary N) is 1. The Balaban J connectivity index is 1.81. The Labute approximate surface area is 177 Å². The van der Waals surface area contributed by atoms with Gasteiger partial charge in [0.1, 0.15) is 5.82 Å². The Hall–Kier alpha value is -2.90. The second-order valence-corrected chi connectivity index (χ2v) is 9.79. The maximum atomic E-state index is 12.7. The lowest BCUT2D eigenvalue weighted by Gasteiger charge is -2.23. The predicted octanol–water partition coefficient (Wildman–Crippen LogP) is 3.85. The van der Waals surface area contributed by atoms with Gasteiger partial charge in [0.15, 0.2) is 12.3 Å². The molecule has 30 heavy (non-hydrogen) atoms. The van der Waals surface area contributed by atoms with Crippen LogP contribution in [-0.4, -0.2) is 37.1 Å². The highest BCUT2D eigenvalue weighted by molar-refractivity contribution is 5.92. The molecule has 1 amide bonds. The van der Waals surface area contributed by atoms with Crippen molar-refractivity contribution in [3.63, 3.8) is 0 Å². The van der Waals surface area contributed by atoms with Gasteiger partial charge in [0.25, 0.3) is 5.91 Å². The topological polar surface area (TPSA) is 86.9 Å². The summed E-state index contributed by atoms with van der Waals surface area (Å²) in [6.07, 6.45) is 0. The minimum Gasteiger partial charge on any atom is -0.466 e. The van der Waals surface area contributed by atoms with Crippen LogP contribution in [-0.2, 0) is 22.8 Å². The quantitative estimate of drug-likeness (QED) is 0.703. The molecule has 0 aliphatic carbocycles. The number of amides is 1. The molecule has 1 N–H and O–H groups in total. The third kappa shape index (κ3) is 4.32. The van der Waals surface area contributed by atoms with Crippen LogP contribution in [0, 0.1) is 13.8 Å². The first-order valence-electron chi connectivity index (χ1n) is 10.1. The second kappa shape index (κ2) is 7.41. The molecule has 3 rings (SSSR count). The summed E-state index contributed by atoms with van der Waals surface area (Å²) in [7, 11) is 1.82. The molecular weight excluding hydrogens is 380 g/mol. The van der Waals surface area contributed by atoms with Crippen LogP contribution in [0.3, 0.4) is 0 Å². The van der Waals surface area contributed by atoms with Crippen LogP contribution in [0.4, 0.5) is 5.82 Å². The van der Waals surface area contributed by atoms with Crippen LogP contribution < -0.4 is 10.1 Å². The highest BCUT2D eigenvalue weighted by Gasteiger charge is 2.26. The number of aryl methyl sites for hydroxylation is 3. The van der Waals surface area contributed by atoms with Crippen molar-refractivity contribution in [1.29, 1.82) is 0 Å². The number of aromatic nitrogens is 5. The number of rotatable bonds is 4. The molecule has 0 atom stereocenters. The smallest absolute Gasteiger partial charge is 0.263 e. The molecule has 3 aromatic heterocycles. The molecule has 3 heterocycles. The number of hydrogen-bond acceptors (Lipinski definition) is 5. The van der Waals surface area contributed by atoms with E-state index >= 15 is 0 Å². The molecule has 8 nitrogen and oxygen atoms in total. The largest absolute Gasteiger partial charge is 0.466 e. The van der Waals surface area contributed by atoms with Crippen LogP contribution in [0.5, 0.6) is 5.88 Å². The molecule has 0 bridgehead atoms. The Bertz CT molecular complexity index is 1100. The van der Waals surface area contributed by atoms with Gasteiger partial charge in [-0.1, -0.05) is 20.8 Å². The van der Waals surface area contributed by atoms with E-state index in [1.54, 1.807) is 4.68 Å². The molecule has 0 aromatic carbocycles. The number of carbonyl (C=O) groups is 1. The number of pyridine rings is 1. The van der Waals surface area contributed by atoms with Crippen molar-refractivity contribution in [2.24, 2.45) is 7.05 Å². The number of hydrogen-bond donors (Lipinski definition) is 1. The average molecular weight is 413 g/mol. The number of ether oxygens (including phenoxy) is 1. The molecule has 0 saturated heterocycles. The van der Waals surface area contributed by atoms with Gasteiger partial charge in [0.05, 0.1) is 16.6 Å². The fraction of sp³-hybridized carbons (Fsp3) is 0.545. The first kappa shape index (κ1) is 21.8. The second-order valence-electron chi connectivity index (χ2n) is 9.79. The van der Waals surface area contributed by atoms with E-state index in [2.05, 4.69) is 56.9 Å². The van der Waals surface area contributed by atoms with Crippen molar-refractivity contribution < 1.29 is 9.53 Å². The van der Waals surface area contributed by atoms with E-state index in [1.807, 2.05) is 37.7 Å². The van der Waals surface area contributed by atoms with Gasteiger partial charge >= 0.3 is 0 Å². The Morgan fingerprint density at radius 2 is 1.77 bits per heavy atom. The van der Waals surface area contributed by atoms with Crippen molar-refractivity contribution in [3.05, 3.63) is 29.1 Å². The van der Waals surface area contributed by atoms with Crippen molar-refractivity contribution in [2.75, 3.05) is 11.9 Å². The highest BCUT2D eigenvalue weighted by Crippen LogP contribution is 2.29. The molecule has 3 aromatic rings. The van der Waals surface area contributed by atoms with E-state index in [-0.39, 0.29) is 23.5 Å². The van der Waals surface area contributed by atoms with Gasteiger partial charge in [-0.2, -0.15) is 5.10 Å². The van der Waals surface area contributed by atoms with Crippen LogP contribution in [0.1, 0.15) is 58.5 Å². The van der Waals surface area contributed by atoms with Gasteiger partial charge < -0.3 is 10.1 Å². The Morgan fingerprint density at radius 1 is 1.10 bits per heavy atom. The van der Waals surface area contributed by atoms with Crippen LogP contribution in [0.2, 0.25) is 0 Å². The standard InChI is InChI=1S/C22H32N6O2/c1-13-10-14(2)23-19-18(13)20(26-27(19)9)30-12-17(29)24-16-11-15(21(3,4)5)25-28(16)22(6,7)8/h10-11H,12H2,1-9H3,(H,24,29). The molecule has 0 radical (unpaired) electrons. The van der Waals surface area contributed by atoms with Crippen molar-refractivity contribution in [1.82, 2.24) is 24.5 Å². The van der Waals surface area contributed by atoms with Gasteiger partial charge in [-0.3, -0.25) is 4.79 Å². The molecular formula is C22H32N6O2. The third-order valence-corrected chi connectivity index (χ3v) is 4.81. The van der Waals surface area contributed by atoms with Crippen LogP contribution in [0.15, 0.2) is 12.1 Å². The van der Waals surface area contributed by atoms with E-state index in [0.717, 1.165) is 28.0 Å². The summed E-state index contributed by atoms with van der Waals surface area (Å²) in [4.78, 5) is 17.2. The summed E-state index contributed by atoms with van der Waals surface area (Å²) in [6, 6.07) is 3.91. The summed E-state index contributed by atoms with van der Waals surface area (Å²) >= 11 is 0. The monoisotopic (exact) mass is 412 g/mol. The fourth-order valence-corrected chi connectivity index (χ4v) is 3.31. The summed E-state index contributed by atoms with van der Waals surface area (Å²) in [5.41, 5.74) is 3.19. The molecule has 0 unspecified atom stereocenters. The molecule has 8 heteroatoms. The third-order valence-electron chi connectivity index (χ3n) is 4.81. The maximum Gasteiger partial charge on any atom is 0.263 e. The van der Waals surface area contributed by atoms with E-state index in [9.17, 15) is 4.79 Å².